The molecule has 0 atom stereocenters. The van der Waals surface area contributed by atoms with Crippen LogP contribution in [0.5, 0.6) is 5.75 Å². The Balaban J connectivity index is 2.83. The maximum atomic E-state index is 11.8. The first-order valence-electron chi connectivity index (χ1n) is 4.52. The van der Waals surface area contributed by atoms with Crippen LogP contribution in [-0.2, 0) is 10.0 Å². The van der Waals surface area contributed by atoms with Crippen molar-refractivity contribution in [3.05, 3.63) is 28.4 Å². The highest BCUT2D eigenvalue weighted by molar-refractivity contribution is 7.89. The summed E-state index contributed by atoms with van der Waals surface area (Å²) < 4.78 is 27.1. The first-order valence-corrected chi connectivity index (χ1v) is 6.07. The van der Waals surface area contributed by atoms with Crippen LogP contribution in [0.3, 0.4) is 0 Å². The minimum Gasteiger partial charge on any atom is -0.497 e. The van der Waals surface area contributed by atoms with Gasteiger partial charge in [0.15, 0.2) is 0 Å². The maximum Gasteiger partial charge on any atom is 0.261 e. The number of nitrogens with one attached hydrogen (secondary N) is 1. The molecule has 0 bridgehead atoms. The molecule has 7 nitrogen and oxygen atoms in total. The number of benzene rings is 1. The molecule has 1 heterocycles. The second-order valence-corrected chi connectivity index (χ2v) is 4.79. The summed E-state index contributed by atoms with van der Waals surface area (Å²) in [5.41, 5.74) is -0.356. The van der Waals surface area contributed by atoms with Gasteiger partial charge in [0, 0.05) is 6.07 Å². The van der Waals surface area contributed by atoms with Crippen molar-refractivity contribution in [3.8, 4) is 5.75 Å². The first-order chi connectivity index (χ1) is 7.93. The molecule has 2 aromatic rings. The number of nitrogens with zero attached hydrogens (tertiary/aromatic N) is 1. The lowest BCUT2D eigenvalue weighted by atomic mass is 10.2. The summed E-state index contributed by atoms with van der Waals surface area (Å²) in [4.78, 5) is 11.8. The van der Waals surface area contributed by atoms with Gasteiger partial charge >= 0.3 is 0 Å². The Morgan fingerprint density at radius 1 is 1.41 bits per heavy atom. The van der Waals surface area contributed by atoms with Gasteiger partial charge in [0.1, 0.15) is 5.75 Å². The number of H-pyrrole nitrogens is 1. The Hall–Kier alpha value is -1.93. The third kappa shape index (κ3) is 1.99. The quantitative estimate of drug-likeness (QED) is 0.756. The van der Waals surface area contributed by atoms with Crippen molar-refractivity contribution in [1.29, 1.82) is 0 Å². The topological polar surface area (TPSA) is 115 Å². The van der Waals surface area contributed by atoms with Crippen LogP contribution < -0.4 is 15.3 Å². The Labute approximate surface area is 96.3 Å². The minimum atomic E-state index is -4.13. The zero-order valence-corrected chi connectivity index (χ0v) is 9.61. The fraction of sp³-hybridized carbons (Fsp3) is 0.111. The van der Waals surface area contributed by atoms with E-state index in [1.807, 2.05) is 0 Å². The van der Waals surface area contributed by atoms with Crippen molar-refractivity contribution < 1.29 is 13.2 Å². The summed E-state index contributed by atoms with van der Waals surface area (Å²) in [6.07, 6.45) is 0. The molecule has 0 aliphatic carbocycles. The van der Waals surface area contributed by atoms with Crippen LogP contribution >= 0.6 is 0 Å². The number of aromatic nitrogens is 2. The third-order valence-electron chi connectivity index (χ3n) is 2.21. The van der Waals surface area contributed by atoms with Crippen molar-refractivity contribution in [2.45, 2.75) is 5.03 Å². The van der Waals surface area contributed by atoms with Gasteiger partial charge in [-0.1, -0.05) is 0 Å². The first kappa shape index (κ1) is 11.6. The number of fused-ring (bicyclic) bond motifs is 1. The van der Waals surface area contributed by atoms with Crippen LogP contribution in [-0.4, -0.2) is 25.7 Å². The molecular formula is C9H9N3O4S. The van der Waals surface area contributed by atoms with E-state index in [4.69, 9.17) is 9.88 Å². The molecule has 8 heteroatoms. The molecule has 2 rings (SSSR count). The van der Waals surface area contributed by atoms with E-state index in [1.54, 1.807) is 6.07 Å². The summed E-state index contributed by atoms with van der Waals surface area (Å²) in [6, 6.07) is 4.53. The van der Waals surface area contributed by atoms with Crippen LogP contribution in [0.1, 0.15) is 0 Å². The van der Waals surface area contributed by atoms with Crippen LogP contribution in [0.25, 0.3) is 10.9 Å². The predicted molar refractivity (Wildman–Crippen MR) is 60.3 cm³/mol. The smallest absolute Gasteiger partial charge is 0.261 e. The summed E-state index contributed by atoms with van der Waals surface area (Å²) in [5.74, 6) is 0.526. The molecule has 0 unspecified atom stereocenters. The zero-order valence-electron chi connectivity index (χ0n) is 8.80. The zero-order chi connectivity index (χ0) is 12.6. The van der Waals surface area contributed by atoms with Gasteiger partial charge in [0.2, 0.25) is 10.5 Å². The molecule has 0 spiro atoms. The number of sulfonamides is 1. The lowest BCUT2D eigenvalue weighted by Crippen LogP contribution is -2.24. The van der Waals surface area contributed by atoms with E-state index in [0.29, 0.717) is 11.3 Å². The van der Waals surface area contributed by atoms with Gasteiger partial charge in [-0.3, -0.25) is 9.89 Å². The Bertz CT molecular complexity index is 735. The molecule has 90 valence electrons. The van der Waals surface area contributed by atoms with E-state index in [-0.39, 0.29) is 5.39 Å². The van der Waals surface area contributed by atoms with Gasteiger partial charge in [0.25, 0.3) is 10.0 Å². The van der Waals surface area contributed by atoms with Gasteiger partial charge in [-0.05, 0) is 12.1 Å². The number of methoxy groups -OCH3 is 1. The highest BCUT2D eigenvalue weighted by atomic mass is 32.2. The van der Waals surface area contributed by atoms with E-state index in [2.05, 4.69) is 10.2 Å². The molecule has 0 fully saturated rings. The summed E-state index contributed by atoms with van der Waals surface area (Å²) in [7, 11) is -2.65. The monoisotopic (exact) mass is 255 g/mol. The summed E-state index contributed by atoms with van der Waals surface area (Å²) >= 11 is 0. The molecule has 0 radical (unpaired) electrons. The Kier molecular flexibility index (Phi) is 2.60. The van der Waals surface area contributed by atoms with Crippen molar-refractivity contribution in [1.82, 2.24) is 10.2 Å². The van der Waals surface area contributed by atoms with Crippen molar-refractivity contribution in [3.63, 3.8) is 0 Å². The standard InChI is InChI=1S/C9H9N3O4S/c1-16-5-2-3-6-7(4-5)11-12-9(8(6)13)17(10,14)15/h2-4H,1H3,(H,11,13)(H2,10,14,15). The Morgan fingerprint density at radius 2 is 2.12 bits per heavy atom. The number of hydrogen-bond donors (Lipinski definition) is 2. The highest BCUT2D eigenvalue weighted by Crippen LogP contribution is 2.16. The molecule has 0 aliphatic rings. The molecule has 0 saturated heterocycles. The largest absolute Gasteiger partial charge is 0.497 e. The molecule has 1 aromatic heterocycles. The van der Waals surface area contributed by atoms with Gasteiger partial charge in [-0.2, -0.15) is 5.10 Å². The van der Waals surface area contributed by atoms with Crippen molar-refractivity contribution in [2.75, 3.05) is 7.11 Å². The summed E-state index contributed by atoms with van der Waals surface area (Å²) in [6.45, 7) is 0. The number of primary sulfonamides is 1. The van der Waals surface area contributed by atoms with Crippen molar-refractivity contribution in [2.24, 2.45) is 5.14 Å². The number of nitrogens with two attached hydrogens (primary N) is 1. The molecule has 0 aliphatic heterocycles. The van der Waals surface area contributed by atoms with Gasteiger partial charge in [0.05, 0.1) is 18.0 Å². The number of ether oxygens (including phenoxy) is 1. The maximum absolute atomic E-state index is 11.8. The average Bonchev–Trinajstić information content (AvgIpc) is 2.27. The lowest BCUT2D eigenvalue weighted by molar-refractivity contribution is 0.415. The number of hydrogen-bond acceptors (Lipinski definition) is 5. The van der Waals surface area contributed by atoms with Crippen LogP contribution in [0.2, 0.25) is 0 Å². The normalized spacial score (nSPS) is 11.6. The number of aromatic amines is 1. The van der Waals surface area contributed by atoms with E-state index < -0.39 is 20.5 Å². The SMILES string of the molecule is COc1ccc2c(=O)c(S(N)(=O)=O)n[nH]c2c1. The minimum absolute atomic E-state index is 0.185. The number of rotatable bonds is 2. The molecule has 0 saturated carbocycles. The molecule has 3 N–H and O–H groups in total. The van der Waals surface area contributed by atoms with E-state index >= 15 is 0 Å². The van der Waals surface area contributed by atoms with Crippen LogP contribution in [0.4, 0.5) is 0 Å². The van der Waals surface area contributed by atoms with Crippen LogP contribution in [0.15, 0.2) is 28.0 Å². The van der Waals surface area contributed by atoms with Gasteiger partial charge in [-0.25, -0.2) is 13.6 Å². The second-order valence-electron chi connectivity index (χ2n) is 3.31. The van der Waals surface area contributed by atoms with Crippen molar-refractivity contribution >= 4 is 20.9 Å². The summed E-state index contributed by atoms with van der Waals surface area (Å²) in [5, 5.41) is 10.3. The van der Waals surface area contributed by atoms with Gasteiger partial charge < -0.3 is 4.74 Å². The predicted octanol–water partition coefficient (Wildman–Crippen LogP) is -0.421. The van der Waals surface area contributed by atoms with E-state index in [0.717, 1.165) is 0 Å². The molecular weight excluding hydrogens is 246 g/mol. The molecule has 17 heavy (non-hydrogen) atoms. The molecule has 1 aromatic carbocycles. The average molecular weight is 255 g/mol. The third-order valence-corrected chi connectivity index (χ3v) is 3.03. The highest BCUT2D eigenvalue weighted by Gasteiger charge is 2.17. The van der Waals surface area contributed by atoms with E-state index in [1.165, 1.54) is 19.2 Å². The molecule has 0 amide bonds. The van der Waals surface area contributed by atoms with Crippen LogP contribution in [0, 0.1) is 0 Å². The Morgan fingerprint density at radius 3 is 2.71 bits per heavy atom. The second kappa shape index (κ2) is 3.82. The van der Waals surface area contributed by atoms with Gasteiger partial charge in [-0.15, -0.1) is 0 Å². The fourth-order valence-corrected chi connectivity index (χ4v) is 1.95. The fourth-order valence-electron chi connectivity index (χ4n) is 1.41. The lowest BCUT2D eigenvalue weighted by Gasteiger charge is -2.02. The van der Waals surface area contributed by atoms with E-state index in [9.17, 15) is 13.2 Å².